The number of nitrogens with two attached hydrogens (primary N) is 1. The van der Waals surface area contributed by atoms with Crippen LogP contribution in [0.5, 0.6) is 0 Å². The largest absolute Gasteiger partial charge is 0.373 e. The maximum Gasteiger partial charge on any atom is 0.373 e. The molecule has 2 N–H and O–H groups in total. The van der Waals surface area contributed by atoms with Gasteiger partial charge < -0.3 is 5.73 Å². The first-order valence-electron chi connectivity index (χ1n) is 3.99. The SMILES string of the molecule is Cc1ccc(CCN)cc1.O=C=O. The highest BCUT2D eigenvalue weighted by molar-refractivity contribution is 5.21. The number of aryl methyl sites for hydroxylation is 1. The van der Waals surface area contributed by atoms with Gasteiger partial charge in [-0.1, -0.05) is 29.8 Å². The van der Waals surface area contributed by atoms with Crippen LogP contribution >= 0.6 is 0 Å². The molecule has 0 fully saturated rings. The highest BCUT2D eigenvalue weighted by Crippen LogP contribution is 2.02. The van der Waals surface area contributed by atoms with Crippen molar-refractivity contribution in [1.29, 1.82) is 0 Å². The van der Waals surface area contributed by atoms with Crippen molar-refractivity contribution in [2.75, 3.05) is 6.54 Å². The Balaban J connectivity index is 0.000000424. The summed E-state index contributed by atoms with van der Waals surface area (Å²) < 4.78 is 0. The molecule has 0 radical (unpaired) electrons. The molecule has 0 spiro atoms. The van der Waals surface area contributed by atoms with E-state index in [-0.39, 0.29) is 6.15 Å². The van der Waals surface area contributed by atoms with E-state index in [4.69, 9.17) is 15.3 Å². The molecule has 0 bridgehead atoms. The Bertz CT molecular complexity index is 261. The van der Waals surface area contributed by atoms with Crippen LogP contribution in [0.2, 0.25) is 0 Å². The third kappa shape index (κ3) is 5.79. The highest BCUT2D eigenvalue weighted by atomic mass is 16.2. The number of rotatable bonds is 2. The first kappa shape index (κ1) is 11.6. The van der Waals surface area contributed by atoms with Crippen molar-refractivity contribution in [3.05, 3.63) is 35.4 Å². The number of hydrogen-bond acceptors (Lipinski definition) is 3. The monoisotopic (exact) mass is 179 g/mol. The van der Waals surface area contributed by atoms with E-state index in [1.165, 1.54) is 11.1 Å². The third-order valence-corrected chi connectivity index (χ3v) is 1.55. The van der Waals surface area contributed by atoms with Gasteiger partial charge in [-0.05, 0) is 25.5 Å². The molecule has 0 unspecified atom stereocenters. The maximum atomic E-state index is 8.12. The van der Waals surface area contributed by atoms with E-state index in [0.717, 1.165) is 13.0 Å². The van der Waals surface area contributed by atoms with Gasteiger partial charge in [0.1, 0.15) is 0 Å². The van der Waals surface area contributed by atoms with Crippen LogP contribution in [0.15, 0.2) is 24.3 Å². The summed E-state index contributed by atoms with van der Waals surface area (Å²) in [5, 5.41) is 0. The lowest BCUT2D eigenvalue weighted by Crippen LogP contribution is -2.02. The van der Waals surface area contributed by atoms with E-state index in [1.54, 1.807) is 0 Å². The quantitative estimate of drug-likeness (QED) is 0.734. The molecule has 0 aliphatic rings. The van der Waals surface area contributed by atoms with Gasteiger partial charge in [-0.25, -0.2) is 0 Å². The Morgan fingerprint density at radius 3 is 2.08 bits per heavy atom. The van der Waals surface area contributed by atoms with Gasteiger partial charge in [-0.3, -0.25) is 0 Å². The zero-order chi connectivity index (χ0) is 10.1. The molecule has 13 heavy (non-hydrogen) atoms. The van der Waals surface area contributed by atoms with Crippen molar-refractivity contribution in [1.82, 2.24) is 0 Å². The first-order valence-corrected chi connectivity index (χ1v) is 3.99. The summed E-state index contributed by atoms with van der Waals surface area (Å²) >= 11 is 0. The van der Waals surface area contributed by atoms with E-state index in [1.807, 2.05) is 0 Å². The average molecular weight is 179 g/mol. The summed E-state index contributed by atoms with van der Waals surface area (Å²) in [6, 6.07) is 8.49. The summed E-state index contributed by atoms with van der Waals surface area (Å²) in [4.78, 5) is 16.2. The molecular formula is C10H13NO2. The molecule has 3 heteroatoms. The average Bonchev–Trinajstić information content (AvgIpc) is 2.11. The molecule has 0 aromatic heterocycles. The standard InChI is InChI=1S/C9H13N.CO2/c1-8-2-4-9(5-3-8)6-7-10;2-1-3/h2-5H,6-7,10H2,1H3;. The molecule has 0 aliphatic carbocycles. The van der Waals surface area contributed by atoms with Gasteiger partial charge in [0.2, 0.25) is 0 Å². The Labute approximate surface area is 77.6 Å². The van der Waals surface area contributed by atoms with Crippen LogP contribution in [-0.2, 0) is 16.0 Å². The zero-order valence-corrected chi connectivity index (χ0v) is 7.62. The van der Waals surface area contributed by atoms with E-state index >= 15 is 0 Å². The highest BCUT2D eigenvalue weighted by Gasteiger charge is 1.88. The second-order valence-corrected chi connectivity index (χ2v) is 2.61. The molecule has 0 heterocycles. The van der Waals surface area contributed by atoms with Crippen LogP contribution in [0, 0.1) is 6.92 Å². The van der Waals surface area contributed by atoms with Crippen LogP contribution in [-0.4, -0.2) is 12.7 Å². The minimum Gasteiger partial charge on any atom is -0.330 e. The minimum absolute atomic E-state index is 0.250. The van der Waals surface area contributed by atoms with E-state index in [9.17, 15) is 0 Å². The summed E-state index contributed by atoms with van der Waals surface area (Å²) in [7, 11) is 0. The van der Waals surface area contributed by atoms with Gasteiger partial charge >= 0.3 is 6.15 Å². The lowest BCUT2D eigenvalue weighted by molar-refractivity contribution is -0.191. The molecule has 0 amide bonds. The summed E-state index contributed by atoms with van der Waals surface area (Å²) in [5.41, 5.74) is 8.03. The Hall–Kier alpha value is -1.44. The molecule has 0 saturated carbocycles. The topological polar surface area (TPSA) is 60.2 Å². The lowest BCUT2D eigenvalue weighted by atomic mass is 10.1. The minimum atomic E-state index is 0.250. The van der Waals surface area contributed by atoms with Crippen LogP contribution in [0.1, 0.15) is 11.1 Å². The van der Waals surface area contributed by atoms with E-state index in [2.05, 4.69) is 31.2 Å². The van der Waals surface area contributed by atoms with Crippen molar-refractivity contribution in [2.24, 2.45) is 5.73 Å². The van der Waals surface area contributed by atoms with Gasteiger partial charge in [0.15, 0.2) is 0 Å². The maximum absolute atomic E-state index is 8.12. The fraction of sp³-hybridized carbons (Fsp3) is 0.300. The number of benzene rings is 1. The molecule has 0 aliphatic heterocycles. The fourth-order valence-corrected chi connectivity index (χ4v) is 0.921. The molecule has 1 aromatic rings. The van der Waals surface area contributed by atoms with Crippen molar-refractivity contribution >= 4 is 6.15 Å². The summed E-state index contributed by atoms with van der Waals surface area (Å²) in [6.07, 6.45) is 1.24. The molecule has 70 valence electrons. The van der Waals surface area contributed by atoms with E-state index in [0.29, 0.717) is 0 Å². The molecule has 0 atom stereocenters. The van der Waals surface area contributed by atoms with Gasteiger partial charge in [0, 0.05) is 0 Å². The normalized spacial score (nSPS) is 8.15. The molecule has 3 nitrogen and oxygen atoms in total. The van der Waals surface area contributed by atoms with Crippen molar-refractivity contribution in [3.8, 4) is 0 Å². The second kappa shape index (κ2) is 7.22. The van der Waals surface area contributed by atoms with Crippen LogP contribution in [0.25, 0.3) is 0 Å². The smallest absolute Gasteiger partial charge is 0.330 e. The predicted octanol–water partition coefficient (Wildman–Crippen LogP) is 0.913. The van der Waals surface area contributed by atoms with Crippen molar-refractivity contribution in [3.63, 3.8) is 0 Å². The zero-order valence-electron chi connectivity index (χ0n) is 7.62. The van der Waals surface area contributed by atoms with Gasteiger partial charge in [-0.2, -0.15) is 9.59 Å². The second-order valence-electron chi connectivity index (χ2n) is 2.61. The van der Waals surface area contributed by atoms with Crippen LogP contribution < -0.4 is 5.73 Å². The van der Waals surface area contributed by atoms with Crippen molar-refractivity contribution in [2.45, 2.75) is 13.3 Å². The number of hydrogen-bond donors (Lipinski definition) is 1. The van der Waals surface area contributed by atoms with Crippen LogP contribution in [0.3, 0.4) is 0 Å². The predicted molar refractivity (Wildman–Crippen MR) is 48.9 cm³/mol. The van der Waals surface area contributed by atoms with Crippen LogP contribution in [0.4, 0.5) is 0 Å². The van der Waals surface area contributed by atoms with Gasteiger partial charge in [-0.15, -0.1) is 0 Å². The lowest BCUT2D eigenvalue weighted by Gasteiger charge is -1.97. The Morgan fingerprint density at radius 2 is 1.69 bits per heavy atom. The van der Waals surface area contributed by atoms with E-state index < -0.39 is 0 Å². The third-order valence-electron chi connectivity index (χ3n) is 1.55. The fourth-order valence-electron chi connectivity index (χ4n) is 0.921. The van der Waals surface area contributed by atoms with Gasteiger partial charge in [0.25, 0.3) is 0 Å². The summed E-state index contributed by atoms with van der Waals surface area (Å²) in [6.45, 7) is 2.83. The molecule has 0 saturated heterocycles. The first-order chi connectivity index (χ1) is 6.24. The Kier molecular flexibility index (Phi) is 6.42. The van der Waals surface area contributed by atoms with Gasteiger partial charge in [0.05, 0.1) is 0 Å². The van der Waals surface area contributed by atoms with Crippen molar-refractivity contribution < 1.29 is 9.59 Å². The summed E-state index contributed by atoms with van der Waals surface area (Å²) in [5.74, 6) is 0. The molecule has 1 aromatic carbocycles. The number of carbonyl (C=O) groups excluding carboxylic acids is 2. The molecular weight excluding hydrogens is 166 g/mol. The Morgan fingerprint density at radius 1 is 1.23 bits per heavy atom. The molecule has 1 rings (SSSR count).